The van der Waals surface area contributed by atoms with Gasteiger partial charge in [-0.05, 0) is 32.3 Å². The molecule has 1 rings (SSSR count). The van der Waals surface area contributed by atoms with E-state index in [1.807, 2.05) is 38.1 Å². The summed E-state index contributed by atoms with van der Waals surface area (Å²) < 4.78 is 26.6. The van der Waals surface area contributed by atoms with Gasteiger partial charge in [-0.3, -0.25) is 0 Å². The van der Waals surface area contributed by atoms with Gasteiger partial charge >= 0.3 is 0 Å². The van der Waals surface area contributed by atoms with Gasteiger partial charge in [-0.15, -0.1) is 0 Å². The standard InChI is InChI=1S/C14H25N3O2S/c1-5-15-12-13-8-6-7-9-14(13)20(18,19)17(4)11-10-16(2)3/h6-9,15H,5,10-12H2,1-4H3. The van der Waals surface area contributed by atoms with E-state index in [1.54, 1.807) is 19.2 Å². The summed E-state index contributed by atoms with van der Waals surface area (Å²) in [5.41, 5.74) is 0.811. The summed E-state index contributed by atoms with van der Waals surface area (Å²) in [6.45, 7) is 4.55. The molecular formula is C14H25N3O2S. The molecule has 0 heterocycles. The molecule has 0 saturated heterocycles. The van der Waals surface area contributed by atoms with Gasteiger partial charge in [0.15, 0.2) is 0 Å². The van der Waals surface area contributed by atoms with E-state index in [9.17, 15) is 8.42 Å². The molecule has 0 unspecified atom stereocenters. The van der Waals surface area contributed by atoms with Crippen LogP contribution in [0.1, 0.15) is 12.5 Å². The molecule has 0 saturated carbocycles. The molecule has 0 aromatic heterocycles. The number of benzene rings is 1. The van der Waals surface area contributed by atoms with Crippen LogP contribution in [0.4, 0.5) is 0 Å². The molecular weight excluding hydrogens is 274 g/mol. The second-order valence-corrected chi connectivity index (χ2v) is 7.03. The SMILES string of the molecule is CCNCc1ccccc1S(=O)(=O)N(C)CCN(C)C. The minimum Gasteiger partial charge on any atom is -0.313 e. The number of rotatable bonds is 8. The van der Waals surface area contributed by atoms with Gasteiger partial charge in [0.05, 0.1) is 4.90 Å². The quantitative estimate of drug-likeness (QED) is 0.777. The lowest BCUT2D eigenvalue weighted by atomic mass is 10.2. The van der Waals surface area contributed by atoms with Gasteiger partial charge < -0.3 is 10.2 Å². The molecule has 0 atom stereocenters. The first kappa shape index (κ1) is 17.1. The van der Waals surface area contributed by atoms with Gasteiger partial charge in [-0.2, -0.15) is 4.31 Å². The van der Waals surface area contributed by atoms with Gasteiger partial charge in [0.25, 0.3) is 0 Å². The summed E-state index contributed by atoms with van der Waals surface area (Å²) >= 11 is 0. The Morgan fingerprint density at radius 3 is 2.35 bits per heavy atom. The first-order chi connectivity index (χ1) is 9.39. The first-order valence-corrected chi connectivity index (χ1v) is 8.23. The summed E-state index contributed by atoms with van der Waals surface area (Å²) in [5.74, 6) is 0. The summed E-state index contributed by atoms with van der Waals surface area (Å²) in [6, 6.07) is 7.16. The molecule has 0 bridgehead atoms. The fraction of sp³-hybridized carbons (Fsp3) is 0.571. The van der Waals surface area contributed by atoms with Crippen molar-refractivity contribution in [3.8, 4) is 0 Å². The molecule has 20 heavy (non-hydrogen) atoms. The van der Waals surface area contributed by atoms with Crippen LogP contribution >= 0.6 is 0 Å². The Hall–Kier alpha value is -0.950. The molecule has 0 aliphatic rings. The molecule has 0 fully saturated rings. The lowest BCUT2D eigenvalue weighted by molar-refractivity contribution is 0.358. The maximum atomic E-state index is 12.6. The fourth-order valence-corrected chi connectivity index (χ4v) is 3.17. The van der Waals surface area contributed by atoms with Gasteiger partial charge in [-0.1, -0.05) is 25.1 Å². The van der Waals surface area contributed by atoms with Gasteiger partial charge in [0.2, 0.25) is 10.0 Å². The van der Waals surface area contributed by atoms with E-state index >= 15 is 0 Å². The van der Waals surface area contributed by atoms with Crippen LogP contribution in [0.3, 0.4) is 0 Å². The van der Waals surface area contributed by atoms with Crippen molar-refractivity contribution in [3.63, 3.8) is 0 Å². The van der Waals surface area contributed by atoms with Crippen LogP contribution in [0.5, 0.6) is 0 Å². The van der Waals surface area contributed by atoms with E-state index in [0.717, 1.165) is 12.1 Å². The van der Waals surface area contributed by atoms with E-state index in [4.69, 9.17) is 0 Å². The highest BCUT2D eigenvalue weighted by molar-refractivity contribution is 7.89. The predicted molar refractivity (Wildman–Crippen MR) is 82.2 cm³/mol. The molecule has 1 aromatic rings. The highest BCUT2D eigenvalue weighted by Crippen LogP contribution is 2.19. The lowest BCUT2D eigenvalue weighted by Crippen LogP contribution is -2.34. The summed E-state index contributed by atoms with van der Waals surface area (Å²) in [6.07, 6.45) is 0. The normalized spacial score (nSPS) is 12.3. The van der Waals surface area contributed by atoms with Crippen molar-refractivity contribution in [2.45, 2.75) is 18.4 Å². The van der Waals surface area contributed by atoms with Crippen LogP contribution in [0.15, 0.2) is 29.2 Å². The third-order valence-electron chi connectivity index (χ3n) is 3.09. The lowest BCUT2D eigenvalue weighted by Gasteiger charge is -2.21. The number of hydrogen-bond donors (Lipinski definition) is 1. The van der Waals surface area contributed by atoms with Crippen LogP contribution < -0.4 is 5.32 Å². The largest absolute Gasteiger partial charge is 0.313 e. The van der Waals surface area contributed by atoms with Crippen LogP contribution in [0, 0.1) is 0 Å². The molecule has 5 nitrogen and oxygen atoms in total. The average Bonchev–Trinajstić information content (AvgIpc) is 2.42. The number of likely N-dealkylation sites (N-methyl/N-ethyl adjacent to an activating group) is 2. The Morgan fingerprint density at radius 1 is 1.10 bits per heavy atom. The fourth-order valence-electron chi connectivity index (χ4n) is 1.79. The molecule has 1 N–H and O–H groups in total. The predicted octanol–water partition coefficient (Wildman–Crippen LogP) is 0.978. The zero-order valence-electron chi connectivity index (χ0n) is 12.8. The van der Waals surface area contributed by atoms with Crippen molar-refractivity contribution < 1.29 is 8.42 Å². The molecule has 0 aliphatic carbocycles. The van der Waals surface area contributed by atoms with Crippen LogP contribution in [-0.4, -0.2) is 58.4 Å². The number of hydrogen-bond acceptors (Lipinski definition) is 4. The smallest absolute Gasteiger partial charge is 0.243 e. The Morgan fingerprint density at radius 2 is 1.75 bits per heavy atom. The molecule has 0 spiro atoms. The number of sulfonamides is 1. The second-order valence-electron chi connectivity index (χ2n) is 5.02. The molecule has 114 valence electrons. The van der Waals surface area contributed by atoms with E-state index in [-0.39, 0.29) is 0 Å². The minimum atomic E-state index is -3.43. The third-order valence-corrected chi connectivity index (χ3v) is 5.05. The van der Waals surface area contributed by atoms with Gasteiger partial charge in [0, 0.05) is 26.7 Å². The average molecular weight is 299 g/mol. The van der Waals surface area contributed by atoms with E-state index in [1.165, 1.54) is 4.31 Å². The van der Waals surface area contributed by atoms with Gasteiger partial charge in [0.1, 0.15) is 0 Å². The van der Waals surface area contributed by atoms with Crippen LogP contribution in [-0.2, 0) is 16.6 Å². The molecule has 1 aromatic carbocycles. The second kappa shape index (κ2) is 7.73. The first-order valence-electron chi connectivity index (χ1n) is 6.79. The minimum absolute atomic E-state index is 0.391. The van der Waals surface area contributed by atoms with Crippen molar-refractivity contribution in [2.75, 3.05) is 40.8 Å². The van der Waals surface area contributed by atoms with Crippen molar-refractivity contribution in [1.29, 1.82) is 0 Å². The maximum absolute atomic E-state index is 12.6. The van der Waals surface area contributed by atoms with Crippen LogP contribution in [0.2, 0.25) is 0 Å². The van der Waals surface area contributed by atoms with Crippen molar-refractivity contribution in [3.05, 3.63) is 29.8 Å². The summed E-state index contributed by atoms with van der Waals surface area (Å²) in [4.78, 5) is 2.36. The van der Waals surface area contributed by atoms with Crippen molar-refractivity contribution in [2.24, 2.45) is 0 Å². The summed E-state index contributed by atoms with van der Waals surface area (Å²) in [7, 11) is 2.06. The number of nitrogens with one attached hydrogen (secondary N) is 1. The Bertz CT molecular complexity index is 515. The van der Waals surface area contributed by atoms with E-state index in [2.05, 4.69) is 5.32 Å². The van der Waals surface area contributed by atoms with E-state index in [0.29, 0.717) is 24.5 Å². The van der Waals surface area contributed by atoms with Crippen molar-refractivity contribution in [1.82, 2.24) is 14.5 Å². The topological polar surface area (TPSA) is 52.7 Å². The maximum Gasteiger partial charge on any atom is 0.243 e. The monoisotopic (exact) mass is 299 g/mol. The Kier molecular flexibility index (Phi) is 6.61. The molecule has 6 heteroatoms. The van der Waals surface area contributed by atoms with Crippen molar-refractivity contribution >= 4 is 10.0 Å². The van der Waals surface area contributed by atoms with Gasteiger partial charge in [-0.25, -0.2) is 8.42 Å². The highest BCUT2D eigenvalue weighted by atomic mass is 32.2. The van der Waals surface area contributed by atoms with E-state index < -0.39 is 10.0 Å². The zero-order chi connectivity index (χ0) is 15.2. The molecule has 0 radical (unpaired) electrons. The number of nitrogens with zero attached hydrogens (tertiary/aromatic N) is 2. The Balaban J connectivity index is 2.96. The molecule has 0 amide bonds. The Labute approximate surface area is 122 Å². The zero-order valence-corrected chi connectivity index (χ0v) is 13.6. The third kappa shape index (κ3) is 4.56. The summed E-state index contributed by atoms with van der Waals surface area (Å²) in [5, 5.41) is 3.18. The molecule has 0 aliphatic heterocycles. The highest BCUT2D eigenvalue weighted by Gasteiger charge is 2.23. The van der Waals surface area contributed by atoms with Crippen LogP contribution in [0.25, 0.3) is 0 Å².